The van der Waals surface area contributed by atoms with Crippen molar-refractivity contribution in [3.8, 4) is 0 Å². The van der Waals surface area contributed by atoms with E-state index in [-0.39, 0.29) is 18.0 Å². The molecule has 0 spiro atoms. The smallest absolute Gasteiger partial charge is 0.297 e. The van der Waals surface area contributed by atoms with E-state index in [9.17, 15) is 9.59 Å². The predicted octanol–water partition coefficient (Wildman–Crippen LogP) is 2.36. The Morgan fingerprint density at radius 1 is 1.38 bits per heavy atom. The van der Waals surface area contributed by atoms with Gasteiger partial charge in [-0.2, -0.15) is 5.10 Å². The number of nitrogens with one attached hydrogen (secondary N) is 1. The number of nitrogens with zero attached hydrogens (tertiary/aromatic N) is 3. The predicted molar refractivity (Wildman–Crippen MR) is 92.4 cm³/mol. The van der Waals surface area contributed by atoms with Crippen LogP contribution in [0.2, 0.25) is 0 Å². The van der Waals surface area contributed by atoms with Crippen molar-refractivity contribution in [3.05, 3.63) is 46.1 Å². The molecule has 2 heterocycles. The number of anilines is 1. The molecular formula is C16H16N4O3S. The molecule has 0 atom stereocenters. The van der Waals surface area contributed by atoms with Crippen LogP contribution in [0.3, 0.4) is 0 Å². The SMILES string of the molecule is CSc1cccc(NC(=O)Cn2nc(C)c3c(C)onc3c2=O)c1. The number of hydrogen-bond donors (Lipinski definition) is 1. The van der Waals surface area contributed by atoms with Gasteiger partial charge in [0.05, 0.1) is 11.1 Å². The standard InChI is InChI=1S/C16H16N4O3S/c1-9-14-10(2)23-19-15(14)16(22)20(18-9)8-13(21)17-11-5-4-6-12(7-11)24-3/h4-7H,8H2,1-3H3,(H,17,21). The van der Waals surface area contributed by atoms with Gasteiger partial charge < -0.3 is 9.84 Å². The van der Waals surface area contributed by atoms with E-state index in [1.54, 1.807) is 31.7 Å². The molecule has 0 aliphatic heterocycles. The average Bonchev–Trinajstić information content (AvgIpc) is 2.95. The van der Waals surface area contributed by atoms with E-state index in [0.717, 1.165) is 9.58 Å². The molecule has 1 amide bonds. The Labute approximate surface area is 142 Å². The molecule has 1 N–H and O–H groups in total. The maximum absolute atomic E-state index is 12.4. The zero-order valence-corrected chi connectivity index (χ0v) is 14.3. The lowest BCUT2D eigenvalue weighted by atomic mass is 10.2. The summed E-state index contributed by atoms with van der Waals surface area (Å²) in [5.41, 5.74) is 1.02. The van der Waals surface area contributed by atoms with E-state index in [1.807, 2.05) is 24.5 Å². The van der Waals surface area contributed by atoms with Crippen LogP contribution in [0.4, 0.5) is 5.69 Å². The van der Waals surface area contributed by atoms with E-state index in [2.05, 4.69) is 15.6 Å². The molecule has 0 aliphatic carbocycles. The van der Waals surface area contributed by atoms with Crippen molar-refractivity contribution in [3.63, 3.8) is 0 Å². The Morgan fingerprint density at radius 3 is 2.92 bits per heavy atom. The monoisotopic (exact) mass is 344 g/mol. The van der Waals surface area contributed by atoms with Crippen LogP contribution in [0.5, 0.6) is 0 Å². The van der Waals surface area contributed by atoms with Crippen molar-refractivity contribution in [2.45, 2.75) is 25.3 Å². The second-order valence-corrected chi connectivity index (χ2v) is 6.17. The Kier molecular flexibility index (Phi) is 4.39. The van der Waals surface area contributed by atoms with Crippen molar-refractivity contribution in [1.82, 2.24) is 14.9 Å². The molecule has 24 heavy (non-hydrogen) atoms. The minimum atomic E-state index is -0.444. The summed E-state index contributed by atoms with van der Waals surface area (Å²) in [7, 11) is 0. The summed E-state index contributed by atoms with van der Waals surface area (Å²) in [4.78, 5) is 25.6. The van der Waals surface area contributed by atoms with E-state index < -0.39 is 5.56 Å². The lowest BCUT2D eigenvalue weighted by Gasteiger charge is -2.08. The third-order valence-electron chi connectivity index (χ3n) is 3.58. The van der Waals surface area contributed by atoms with E-state index >= 15 is 0 Å². The maximum Gasteiger partial charge on any atom is 0.297 e. The second kappa shape index (κ2) is 6.48. The van der Waals surface area contributed by atoms with Gasteiger partial charge in [-0.1, -0.05) is 11.2 Å². The highest BCUT2D eigenvalue weighted by Crippen LogP contribution is 2.19. The number of amides is 1. The zero-order chi connectivity index (χ0) is 17.3. The van der Waals surface area contributed by atoms with Crippen LogP contribution in [0.1, 0.15) is 11.5 Å². The lowest BCUT2D eigenvalue weighted by molar-refractivity contribution is -0.117. The van der Waals surface area contributed by atoms with Gasteiger partial charge in [0, 0.05) is 10.6 Å². The maximum atomic E-state index is 12.4. The second-order valence-electron chi connectivity index (χ2n) is 5.29. The van der Waals surface area contributed by atoms with Crippen molar-refractivity contribution in [1.29, 1.82) is 0 Å². The number of fused-ring (bicyclic) bond motifs is 1. The van der Waals surface area contributed by atoms with Crippen molar-refractivity contribution < 1.29 is 9.32 Å². The summed E-state index contributed by atoms with van der Waals surface area (Å²) in [5.74, 6) is 0.208. The fourth-order valence-corrected chi connectivity index (χ4v) is 2.95. The Morgan fingerprint density at radius 2 is 2.17 bits per heavy atom. The first-order valence-electron chi connectivity index (χ1n) is 7.27. The zero-order valence-electron chi connectivity index (χ0n) is 13.5. The molecule has 3 aromatic rings. The van der Waals surface area contributed by atoms with Gasteiger partial charge in [0.25, 0.3) is 5.56 Å². The van der Waals surface area contributed by atoms with Gasteiger partial charge in [0.2, 0.25) is 5.91 Å². The number of benzene rings is 1. The van der Waals surface area contributed by atoms with Crippen molar-refractivity contribution >= 4 is 34.3 Å². The largest absolute Gasteiger partial charge is 0.360 e. The molecule has 0 saturated carbocycles. The van der Waals surface area contributed by atoms with E-state index in [1.165, 1.54) is 0 Å². The first kappa shape index (κ1) is 16.3. The van der Waals surface area contributed by atoms with Crippen LogP contribution in [-0.4, -0.2) is 27.1 Å². The van der Waals surface area contributed by atoms with Gasteiger partial charge in [-0.15, -0.1) is 11.8 Å². The molecule has 0 fully saturated rings. The normalized spacial score (nSPS) is 11.0. The summed E-state index contributed by atoms with van der Waals surface area (Å²) >= 11 is 1.58. The van der Waals surface area contributed by atoms with Gasteiger partial charge in [-0.25, -0.2) is 4.68 Å². The number of aromatic nitrogens is 3. The molecule has 7 nitrogen and oxygen atoms in total. The fourth-order valence-electron chi connectivity index (χ4n) is 2.49. The summed E-state index contributed by atoms with van der Waals surface area (Å²) < 4.78 is 6.16. The first-order chi connectivity index (χ1) is 11.5. The van der Waals surface area contributed by atoms with E-state index in [0.29, 0.717) is 22.5 Å². The van der Waals surface area contributed by atoms with E-state index in [4.69, 9.17) is 4.52 Å². The Balaban J connectivity index is 1.85. The number of carbonyl (C=O) groups is 1. The third kappa shape index (κ3) is 3.05. The number of rotatable bonds is 4. The molecular weight excluding hydrogens is 328 g/mol. The summed E-state index contributed by atoms with van der Waals surface area (Å²) in [6.45, 7) is 3.28. The molecule has 0 aliphatic rings. The van der Waals surface area contributed by atoms with Gasteiger partial charge in [0.1, 0.15) is 12.3 Å². The highest BCUT2D eigenvalue weighted by atomic mass is 32.2. The molecule has 8 heteroatoms. The number of hydrogen-bond acceptors (Lipinski definition) is 6. The van der Waals surface area contributed by atoms with Gasteiger partial charge in [-0.05, 0) is 38.3 Å². The molecule has 0 bridgehead atoms. The minimum absolute atomic E-state index is 0.189. The van der Waals surface area contributed by atoms with Crippen LogP contribution in [0, 0.1) is 13.8 Å². The van der Waals surface area contributed by atoms with Gasteiger partial charge in [-0.3, -0.25) is 9.59 Å². The molecule has 3 rings (SSSR count). The highest BCUT2D eigenvalue weighted by Gasteiger charge is 2.16. The molecule has 0 saturated heterocycles. The molecule has 0 unspecified atom stereocenters. The summed E-state index contributed by atoms with van der Waals surface area (Å²) in [5, 5.41) is 11.3. The summed E-state index contributed by atoms with van der Waals surface area (Å²) in [6.07, 6.45) is 1.96. The summed E-state index contributed by atoms with van der Waals surface area (Å²) in [6, 6.07) is 7.48. The van der Waals surface area contributed by atoms with Crippen LogP contribution >= 0.6 is 11.8 Å². The highest BCUT2D eigenvalue weighted by molar-refractivity contribution is 7.98. The fraction of sp³-hybridized carbons (Fsp3) is 0.250. The van der Waals surface area contributed by atoms with Crippen molar-refractivity contribution in [2.75, 3.05) is 11.6 Å². The van der Waals surface area contributed by atoms with Crippen LogP contribution < -0.4 is 10.9 Å². The van der Waals surface area contributed by atoms with Gasteiger partial charge in [0.15, 0.2) is 5.52 Å². The molecule has 124 valence electrons. The van der Waals surface area contributed by atoms with Crippen LogP contribution in [0.15, 0.2) is 38.5 Å². The number of thioether (sulfide) groups is 1. The number of aryl methyl sites for hydroxylation is 2. The Bertz CT molecular complexity index is 977. The van der Waals surface area contributed by atoms with Crippen molar-refractivity contribution in [2.24, 2.45) is 0 Å². The average molecular weight is 344 g/mol. The third-order valence-corrected chi connectivity index (χ3v) is 4.30. The van der Waals surface area contributed by atoms with Crippen LogP contribution in [0.25, 0.3) is 10.9 Å². The quantitative estimate of drug-likeness (QED) is 0.731. The van der Waals surface area contributed by atoms with Crippen LogP contribution in [-0.2, 0) is 11.3 Å². The molecule has 2 aromatic heterocycles. The first-order valence-corrected chi connectivity index (χ1v) is 8.49. The minimum Gasteiger partial charge on any atom is -0.360 e. The Hall–Kier alpha value is -2.61. The topological polar surface area (TPSA) is 90.0 Å². The van der Waals surface area contributed by atoms with Gasteiger partial charge >= 0.3 is 0 Å². The molecule has 0 radical (unpaired) electrons. The lowest BCUT2D eigenvalue weighted by Crippen LogP contribution is -2.30. The number of carbonyl (C=O) groups excluding carboxylic acids is 1. The molecule has 1 aromatic carbocycles.